The summed E-state index contributed by atoms with van der Waals surface area (Å²) in [7, 11) is -1.05. The second-order valence-corrected chi connectivity index (χ2v) is 9.92. The van der Waals surface area contributed by atoms with Crippen LogP contribution in [0.3, 0.4) is 0 Å². The maximum absolute atomic E-state index is 6.09. The molecule has 0 radical (unpaired) electrons. The van der Waals surface area contributed by atoms with E-state index < -0.39 is 8.07 Å². The Morgan fingerprint density at radius 3 is 1.27 bits per heavy atom. The standard InChI is InChI=1S/C13H31NSi/c1-4-7-10-15(13-14,11-8-5-2)12-9-6-3/h4-14H2,1-3H3. The number of rotatable bonds is 10. The van der Waals surface area contributed by atoms with Crippen molar-refractivity contribution in [3.63, 3.8) is 0 Å². The molecule has 0 rings (SSSR count). The second kappa shape index (κ2) is 9.41. The van der Waals surface area contributed by atoms with E-state index in [0.717, 1.165) is 6.17 Å². The van der Waals surface area contributed by atoms with Crippen molar-refractivity contribution in [3.8, 4) is 0 Å². The Labute approximate surface area is 97.8 Å². The van der Waals surface area contributed by atoms with E-state index in [9.17, 15) is 0 Å². The zero-order valence-electron chi connectivity index (χ0n) is 11.1. The molecule has 0 saturated carbocycles. The van der Waals surface area contributed by atoms with E-state index in [2.05, 4.69) is 20.8 Å². The minimum atomic E-state index is -1.05. The molecular weight excluding hydrogens is 198 g/mol. The van der Waals surface area contributed by atoms with Crippen LogP contribution in [0.2, 0.25) is 18.1 Å². The van der Waals surface area contributed by atoms with Crippen molar-refractivity contribution in [2.75, 3.05) is 6.17 Å². The molecule has 15 heavy (non-hydrogen) atoms. The summed E-state index contributed by atoms with van der Waals surface area (Å²) in [5, 5.41) is 0. The van der Waals surface area contributed by atoms with Crippen molar-refractivity contribution in [2.45, 2.75) is 77.4 Å². The van der Waals surface area contributed by atoms with Gasteiger partial charge in [0.25, 0.3) is 0 Å². The van der Waals surface area contributed by atoms with Crippen molar-refractivity contribution in [2.24, 2.45) is 5.73 Å². The van der Waals surface area contributed by atoms with Crippen LogP contribution in [0.4, 0.5) is 0 Å². The first-order valence-electron chi connectivity index (χ1n) is 6.94. The fourth-order valence-corrected chi connectivity index (χ4v) is 7.01. The molecule has 0 bridgehead atoms. The molecule has 0 aromatic carbocycles. The van der Waals surface area contributed by atoms with Gasteiger partial charge in [-0.15, -0.1) is 0 Å². The lowest BCUT2D eigenvalue weighted by Crippen LogP contribution is -2.43. The van der Waals surface area contributed by atoms with Crippen molar-refractivity contribution >= 4 is 8.07 Å². The molecule has 0 heterocycles. The smallest absolute Gasteiger partial charge is 0.0683 e. The molecule has 0 aliphatic rings. The molecule has 2 N–H and O–H groups in total. The van der Waals surface area contributed by atoms with E-state index in [-0.39, 0.29) is 0 Å². The van der Waals surface area contributed by atoms with Gasteiger partial charge < -0.3 is 5.73 Å². The van der Waals surface area contributed by atoms with Crippen LogP contribution in [-0.2, 0) is 0 Å². The fourth-order valence-electron chi connectivity index (χ4n) is 2.34. The van der Waals surface area contributed by atoms with E-state index in [4.69, 9.17) is 5.73 Å². The lowest BCUT2D eigenvalue weighted by molar-refractivity contribution is 0.786. The largest absolute Gasteiger partial charge is 0.333 e. The fraction of sp³-hybridized carbons (Fsp3) is 1.00. The number of unbranched alkanes of at least 4 members (excludes halogenated alkanes) is 3. The Morgan fingerprint density at radius 1 is 0.733 bits per heavy atom. The molecular formula is C13H31NSi. The summed E-state index contributed by atoms with van der Waals surface area (Å²) < 4.78 is 0. The van der Waals surface area contributed by atoms with Crippen molar-refractivity contribution < 1.29 is 0 Å². The Hall–Kier alpha value is 0.177. The van der Waals surface area contributed by atoms with E-state index >= 15 is 0 Å². The zero-order valence-corrected chi connectivity index (χ0v) is 12.1. The van der Waals surface area contributed by atoms with Gasteiger partial charge in [-0.05, 0) is 6.17 Å². The summed E-state index contributed by atoms with van der Waals surface area (Å²) in [6.45, 7) is 6.90. The van der Waals surface area contributed by atoms with Gasteiger partial charge in [0.1, 0.15) is 0 Å². The highest BCUT2D eigenvalue weighted by Gasteiger charge is 2.28. The van der Waals surface area contributed by atoms with Gasteiger partial charge in [-0.25, -0.2) is 0 Å². The topological polar surface area (TPSA) is 26.0 Å². The van der Waals surface area contributed by atoms with Crippen LogP contribution in [0.1, 0.15) is 59.3 Å². The second-order valence-electron chi connectivity index (χ2n) is 5.01. The molecule has 0 aromatic heterocycles. The maximum Gasteiger partial charge on any atom is 0.0683 e. The molecule has 92 valence electrons. The monoisotopic (exact) mass is 229 g/mol. The average molecular weight is 229 g/mol. The predicted molar refractivity (Wildman–Crippen MR) is 74.0 cm³/mol. The zero-order chi connectivity index (χ0) is 11.6. The third kappa shape index (κ3) is 6.36. The first-order valence-corrected chi connectivity index (χ1v) is 9.77. The van der Waals surface area contributed by atoms with Crippen LogP contribution < -0.4 is 5.73 Å². The van der Waals surface area contributed by atoms with Crippen LogP contribution >= 0.6 is 0 Å². The molecule has 2 heteroatoms. The first-order chi connectivity index (χ1) is 7.24. The molecule has 0 aliphatic heterocycles. The van der Waals surface area contributed by atoms with Gasteiger partial charge in [0.05, 0.1) is 8.07 Å². The summed E-state index contributed by atoms with van der Waals surface area (Å²) >= 11 is 0. The molecule has 1 nitrogen and oxygen atoms in total. The van der Waals surface area contributed by atoms with Crippen LogP contribution in [0.25, 0.3) is 0 Å². The van der Waals surface area contributed by atoms with Crippen LogP contribution in [-0.4, -0.2) is 14.2 Å². The molecule has 0 unspecified atom stereocenters. The summed E-state index contributed by atoms with van der Waals surface area (Å²) in [4.78, 5) is 0. The lowest BCUT2D eigenvalue weighted by Gasteiger charge is -2.30. The molecule has 0 fully saturated rings. The van der Waals surface area contributed by atoms with Gasteiger partial charge in [-0.2, -0.15) is 0 Å². The van der Waals surface area contributed by atoms with Gasteiger partial charge >= 0.3 is 0 Å². The molecule has 0 aliphatic carbocycles. The highest BCUT2D eigenvalue weighted by molar-refractivity contribution is 6.80. The summed E-state index contributed by atoms with van der Waals surface area (Å²) in [6.07, 6.45) is 9.30. The van der Waals surface area contributed by atoms with E-state index in [1.807, 2.05) is 0 Å². The number of hydrogen-bond donors (Lipinski definition) is 1. The van der Waals surface area contributed by atoms with E-state index in [1.54, 1.807) is 0 Å². The summed E-state index contributed by atoms with van der Waals surface area (Å²) in [5.74, 6) is 0. The molecule has 0 saturated heterocycles. The lowest BCUT2D eigenvalue weighted by atomic mass is 10.4. The summed E-state index contributed by atoms with van der Waals surface area (Å²) in [5.41, 5.74) is 6.09. The normalized spacial score (nSPS) is 12.0. The van der Waals surface area contributed by atoms with Gasteiger partial charge in [0, 0.05) is 0 Å². The highest BCUT2D eigenvalue weighted by atomic mass is 28.3. The quantitative estimate of drug-likeness (QED) is 0.554. The van der Waals surface area contributed by atoms with Gasteiger partial charge in [0.2, 0.25) is 0 Å². The van der Waals surface area contributed by atoms with Crippen LogP contribution in [0.5, 0.6) is 0 Å². The van der Waals surface area contributed by atoms with Gasteiger partial charge in [-0.1, -0.05) is 77.4 Å². The van der Waals surface area contributed by atoms with E-state index in [0.29, 0.717) is 0 Å². The van der Waals surface area contributed by atoms with Crippen LogP contribution in [0, 0.1) is 0 Å². The predicted octanol–water partition coefficient (Wildman–Crippen LogP) is 4.33. The molecule has 0 amide bonds. The Kier molecular flexibility index (Phi) is 9.52. The van der Waals surface area contributed by atoms with E-state index in [1.165, 1.54) is 56.7 Å². The SMILES string of the molecule is CCCC[Si](CN)(CCCC)CCCC. The minimum absolute atomic E-state index is 1.03. The Morgan fingerprint density at radius 2 is 1.07 bits per heavy atom. The number of hydrogen-bond acceptors (Lipinski definition) is 1. The molecule has 0 spiro atoms. The highest BCUT2D eigenvalue weighted by Crippen LogP contribution is 2.27. The third-order valence-electron chi connectivity index (χ3n) is 3.61. The van der Waals surface area contributed by atoms with Crippen molar-refractivity contribution in [3.05, 3.63) is 0 Å². The van der Waals surface area contributed by atoms with Crippen LogP contribution in [0.15, 0.2) is 0 Å². The Balaban J connectivity index is 4.16. The molecule has 0 aromatic rings. The molecule has 0 atom stereocenters. The number of nitrogens with two attached hydrogens (primary N) is 1. The van der Waals surface area contributed by atoms with Crippen molar-refractivity contribution in [1.29, 1.82) is 0 Å². The minimum Gasteiger partial charge on any atom is -0.333 e. The van der Waals surface area contributed by atoms with Gasteiger partial charge in [0.15, 0.2) is 0 Å². The van der Waals surface area contributed by atoms with Gasteiger partial charge in [-0.3, -0.25) is 0 Å². The average Bonchev–Trinajstić information content (AvgIpc) is 2.29. The summed E-state index contributed by atoms with van der Waals surface area (Å²) in [6, 6.07) is 4.46. The van der Waals surface area contributed by atoms with Crippen molar-refractivity contribution in [1.82, 2.24) is 0 Å². The maximum atomic E-state index is 6.09. The first kappa shape index (κ1) is 15.2. The third-order valence-corrected chi connectivity index (χ3v) is 8.72. The Bertz CT molecular complexity index is 115.